The minimum atomic E-state index is -4.13. The molecule has 2 N–H and O–H groups in total. The molecule has 2 aromatic carbocycles. The second-order valence-corrected chi connectivity index (χ2v) is 8.45. The maximum Gasteiger partial charge on any atom is 0.262 e. The van der Waals surface area contributed by atoms with Crippen molar-refractivity contribution in [2.24, 2.45) is 0 Å². The molecule has 9 nitrogen and oxygen atoms in total. The summed E-state index contributed by atoms with van der Waals surface area (Å²) in [6.07, 6.45) is -0.00229. The topological polar surface area (TPSA) is 130 Å². The van der Waals surface area contributed by atoms with Gasteiger partial charge in [-0.05, 0) is 42.8 Å². The summed E-state index contributed by atoms with van der Waals surface area (Å²) in [5.41, 5.74) is -0.0770. The lowest BCUT2D eigenvalue weighted by Crippen LogP contribution is -2.54. The first-order valence-electron chi connectivity index (χ1n) is 8.81. The molecule has 4 rings (SSSR count). The number of amides is 4. The van der Waals surface area contributed by atoms with Crippen LogP contribution in [0.5, 0.6) is 0 Å². The van der Waals surface area contributed by atoms with E-state index in [4.69, 9.17) is 0 Å². The maximum absolute atomic E-state index is 13.4. The number of piperidine rings is 1. The quantitative estimate of drug-likeness (QED) is 0.696. The summed E-state index contributed by atoms with van der Waals surface area (Å²) < 4.78 is 40.5. The van der Waals surface area contributed by atoms with Gasteiger partial charge in [-0.3, -0.25) is 34.1 Å². The Morgan fingerprint density at radius 1 is 1.00 bits per heavy atom. The fraction of sp³-hybridized carbons (Fsp3) is 0.158. The highest BCUT2D eigenvalue weighted by Crippen LogP contribution is 2.30. The molecule has 0 aromatic heterocycles. The largest absolute Gasteiger partial charge is 0.295 e. The van der Waals surface area contributed by atoms with Crippen molar-refractivity contribution in [3.63, 3.8) is 0 Å². The molecule has 1 fully saturated rings. The number of imide groups is 2. The molecule has 0 bridgehead atoms. The molecule has 4 amide bonds. The molecular formula is C19H14FN3O6S. The van der Waals surface area contributed by atoms with Gasteiger partial charge < -0.3 is 0 Å². The first-order valence-corrected chi connectivity index (χ1v) is 10.3. The molecule has 2 aromatic rings. The third-order valence-corrected chi connectivity index (χ3v) is 6.18. The number of nitrogens with one attached hydrogen (secondary N) is 2. The van der Waals surface area contributed by atoms with Gasteiger partial charge in [-0.25, -0.2) is 12.8 Å². The van der Waals surface area contributed by atoms with E-state index in [0.29, 0.717) is 0 Å². The summed E-state index contributed by atoms with van der Waals surface area (Å²) in [6.45, 7) is 0. The van der Waals surface area contributed by atoms with Crippen molar-refractivity contribution in [1.29, 1.82) is 0 Å². The Morgan fingerprint density at radius 2 is 1.73 bits per heavy atom. The average molecular weight is 431 g/mol. The van der Waals surface area contributed by atoms with Crippen molar-refractivity contribution < 1.29 is 32.0 Å². The molecule has 0 aliphatic carbocycles. The van der Waals surface area contributed by atoms with Gasteiger partial charge >= 0.3 is 0 Å². The molecule has 30 heavy (non-hydrogen) atoms. The van der Waals surface area contributed by atoms with E-state index in [2.05, 4.69) is 10.0 Å². The van der Waals surface area contributed by atoms with Crippen molar-refractivity contribution in [3.05, 3.63) is 59.4 Å². The van der Waals surface area contributed by atoms with E-state index in [0.717, 1.165) is 17.0 Å². The molecule has 11 heteroatoms. The van der Waals surface area contributed by atoms with Crippen molar-refractivity contribution in [2.75, 3.05) is 4.72 Å². The number of carbonyl (C=O) groups is 4. The van der Waals surface area contributed by atoms with Crippen LogP contribution in [0.1, 0.15) is 33.6 Å². The van der Waals surface area contributed by atoms with E-state index in [1.54, 1.807) is 0 Å². The normalized spacial score (nSPS) is 19.0. The predicted octanol–water partition coefficient (Wildman–Crippen LogP) is 1.03. The number of sulfonamides is 1. The first kappa shape index (κ1) is 19.7. The Balaban J connectivity index is 1.62. The van der Waals surface area contributed by atoms with Crippen LogP contribution < -0.4 is 10.0 Å². The number of hydrogen-bond donors (Lipinski definition) is 2. The Kier molecular flexibility index (Phi) is 4.61. The summed E-state index contributed by atoms with van der Waals surface area (Å²) in [4.78, 5) is 49.3. The van der Waals surface area contributed by atoms with Crippen LogP contribution in [0.4, 0.5) is 10.1 Å². The minimum absolute atomic E-state index is 0.00912. The SMILES string of the molecule is O=C1CCC(N2C(=O)c3ccc(NS(=O)(=O)c4cccc(F)c4)cc3C2=O)C(=O)N1. The lowest BCUT2D eigenvalue weighted by atomic mass is 10.0. The van der Waals surface area contributed by atoms with Gasteiger partial charge in [0.1, 0.15) is 11.9 Å². The zero-order chi connectivity index (χ0) is 21.6. The Hall–Kier alpha value is -3.60. The summed E-state index contributed by atoms with van der Waals surface area (Å²) in [5, 5.41) is 2.09. The number of fused-ring (bicyclic) bond motifs is 1. The van der Waals surface area contributed by atoms with Gasteiger partial charge in [0.2, 0.25) is 11.8 Å². The van der Waals surface area contributed by atoms with Gasteiger partial charge in [-0.1, -0.05) is 6.07 Å². The predicted molar refractivity (Wildman–Crippen MR) is 100 cm³/mol. The van der Waals surface area contributed by atoms with Crippen LogP contribution in [0.3, 0.4) is 0 Å². The van der Waals surface area contributed by atoms with Crippen LogP contribution in [-0.2, 0) is 19.6 Å². The molecule has 2 aliphatic rings. The molecule has 0 saturated carbocycles. The second-order valence-electron chi connectivity index (χ2n) is 6.77. The molecule has 2 heterocycles. The monoisotopic (exact) mass is 431 g/mol. The summed E-state index contributed by atoms with van der Waals surface area (Å²) in [6, 6.07) is 7.00. The van der Waals surface area contributed by atoms with E-state index in [1.807, 2.05) is 0 Å². The third kappa shape index (κ3) is 3.32. The smallest absolute Gasteiger partial charge is 0.262 e. The van der Waals surface area contributed by atoms with Crippen LogP contribution >= 0.6 is 0 Å². The number of benzene rings is 2. The van der Waals surface area contributed by atoms with Gasteiger partial charge in [0, 0.05) is 12.1 Å². The van der Waals surface area contributed by atoms with Crippen LogP contribution in [0.15, 0.2) is 47.4 Å². The lowest BCUT2D eigenvalue weighted by Gasteiger charge is -2.27. The fourth-order valence-electron chi connectivity index (χ4n) is 3.38. The molecular weight excluding hydrogens is 417 g/mol. The maximum atomic E-state index is 13.4. The minimum Gasteiger partial charge on any atom is -0.295 e. The molecule has 2 aliphatic heterocycles. The standard InChI is InChI=1S/C19H14FN3O6S/c20-10-2-1-3-12(8-10)30(28,29)22-11-4-5-13-14(9-11)19(27)23(18(13)26)15-6-7-16(24)21-17(15)25/h1-5,8-9,15,22H,6-7H2,(H,21,24,25). The van der Waals surface area contributed by atoms with Crippen molar-refractivity contribution in [3.8, 4) is 0 Å². The molecule has 1 atom stereocenters. The number of carbonyl (C=O) groups excluding carboxylic acids is 4. The van der Waals surface area contributed by atoms with E-state index in [-0.39, 0.29) is 34.6 Å². The highest BCUT2D eigenvalue weighted by atomic mass is 32.2. The van der Waals surface area contributed by atoms with Gasteiger partial charge in [0.05, 0.1) is 16.0 Å². The highest BCUT2D eigenvalue weighted by molar-refractivity contribution is 7.92. The van der Waals surface area contributed by atoms with Gasteiger partial charge in [-0.15, -0.1) is 0 Å². The zero-order valence-corrected chi connectivity index (χ0v) is 16.0. The molecule has 154 valence electrons. The molecule has 0 spiro atoms. The first-order chi connectivity index (χ1) is 14.2. The van der Waals surface area contributed by atoms with E-state index in [1.165, 1.54) is 30.3 Å². The van der Waals surface area contributed by atoms with Crippen molar-refractivity contribution in [2.45, 2.75) is 23.8 Å². The van der Waals surface area contributed by atoms with Crippen LogP contribution in [-0.4, -0.2) is 43.0 Å². The van der Waals surface area contributed by atoms with Crippen LogP contribution in [0.2, 0.25) is 0 Å². The summed E-state index contributed by atoms with van der Waals surface area (Å²) >= 11 is 0. The summed E-state index contributed by atoms with van der Waals surface area (Å²) in [7, 11) is -4.13. The van der Waals surface area contributed by atoms with E-state index in [9.17, 15) is 32.0 Å². The van der Waals surface area contributed by atoms with Crippen LogP contribution in [0, 0.1) is 5.82 Å². The average Bonchev–Trinajstić information content (AvgIpc) is 2.92. The number of anilines is 1. The van der Waals surface area contributed by atoms with Gasteiger partial charge in [0.15, 0.2) is 0 Å². The fourth-order valence-corrected chi connectivity index (χ4v) is 4.46. The Morgan fingerprint density at radius 3 is 2.43 bits per heavy atom. The lowest BCUT2D eigenvalue weighted by molar-refractivity contribution is -0.136. The second kappa shape index (κ2) is 7.02. The number of halogens is 1. The third-order valence-electron chi connectivity index (χ3n) is 4.80. The summed E-state index contributed by atoms with van der Waals surface area (Å²) in [5.74, 6) is -3.43. The van der Waals surface area contributed by atoms with E-state index < -0.39 is 45.5 Å². The molecule has 1 saturated heterocycles. The number of hydrogen-bond acceptors (Lipinski definition) is 6. The van der Waals surface area contributed by atoms with E-state index >= 15 is 0 Å². The Bertz CT molecular complexity index is 1230. The number of nitrogens with zero attached hydrogens (tertiary/aromatic N) is 1. The number of rotatable bonds is 4. The highest BCUT2D eigenvalue weighted by Gasteiger charge is 2.44. The van der Waals surface area contributed by atoms with Crippen molar-refractivity contribution in [1.82, 2.24) is 10.2 Å². The zero-order valence-electron chi connectivity index (χ0n) is 15.2. The van der Waals surface area contributed by atoms with Crippen LogP contribution in [0.25, 0.3) is 0 Å². The van der Waals surface area contributed by atoms with Gasteiger partial charge in [-0.2, -0.15) is 0 Å². The molecule has 1 unspecified atom stereocenters. The van der Waals surface area contributed by atoms with Crippen molar-refractivity contribution >= 4 is 39.3 Å². The molecule has 0 radical (unpaired) electrons. The Labute approximate surface area is 169 Å². The van der Waals surface area contributed by atoms with Gasteiger partial charge in [0.25, 0.3) is 21.8 Å².